The van der Waals surface area contributed by atoms with Gasteiger partial charge in [-0.3, -0.25) is 14.4 Å². The van der Waals surface area contributed by atoms with Crippen molar-refractivity contribution in [2.24, 2.45) is 0 Å². The minimum atomic E-state index is -0.777. The van der Waals surface area contributed by atoms with E-state index in [-0.39, 0.29) is 31.1 Å². The number of unbranched alkanes of at least 4 members (excludes halogenated alkanes) is 49. The van der Waals surface area contributed by atoms with E-state index in [4.69, 9.17) is 14.2 Å². The van der Waals surface area contributed by atoms with Crippen LogP contribution in [0.2, 0.25) is 0 Å². The Morgan fingerprint density at radius 2 is 0.456 bits per heavy atom. The number of esters is 3. The fourth-order valence-corrected chi connectivity index (χ4v) is 10.8. The van der Waals surface area contributed by atoms with Crippen LogP contribution < -0.4 is 0 Å². The molecule has 0 heterocycles. The van der Waals surface area contributed by atoms with E-state index in [9.17, 15) is 14.4 Å². The van der Waals surface area contributed by atoms with Crippen molar-refractivity contribution in [3.8, 4) is 0 Å². The first-order valence-corrected chi connectivity index (χ1v) is 35.5. The summed E-state index contributed by atoms with van der Waals surface area (Å²) < 4.78 is 17.0. The molecule has 464 valence electrons. The summed E-state index contributed by atoms with van der Waals surface area (Å²) in [5, 5.41) is 0. The van der Waals surface area contributed by atoms with Crippen LogP contribution in [0, 0.1) is 0 Å². The fourth-order valence-electron chi connectivity index (χ4n) is 10.8. The number of allylic oxidation sites excluding steroid dienone is 6. The Kier molecular flexibility index (Phi) is 66.1. The summed E-state index contributed by atoms with van der Waals surface area (Å²) in [5.41, 5.74) is 0. The number of ether oxygens (including phenoxy) is 3. The van der Waals surface area contributed by atoms with Gasteiger partial charge in [-0.25, -0.2) is 0 Å². The predicted molar refractivity (Wildman–Crippen MR) is 344 cm³/mol. The van der Waals surface area contributed by atoms with Crippen LogP contribution in [0.1, 0.15) is 393 Å². The van der Waals surface area contributed by atoms with Gasteiger partial charge in [-0.1, -0.05) is 333 Å². The lowest BCUT2D eigenvalue weighted by Crippen LogP contribution is -2.30. The molecule has 0 saturated heterocycles. The van der Waals surface area contributed by atoms with Crippen molar-refractivity contribution in [1.82, 2.24) is 0 Å². The maximum atomic E-state index is 13.0. The molecule has 6 nitrogen and oxygen atoms in total. The topological polar surface area (TPSA) is 78.9 Å². The van der Waals surface area contributed by atoms with Crippen molar-refractivity contribution in [3.05, 3.63) is 36.5 Å². The maximum absolute atomic E-state index is 13.0. The average molecular weight is 1110 g/mol. The molecule has 0 rings (SSSR count). The van der Waals surface area contributed by atoms with E-state index >= 15 is 0 Å². The summed E-state index contributed by atoms with van der Waals surface area (Å²) >= 11 is 0. The molecule has 1 unspecified atom stereocenters. The molecule has 0 saturated carbocycles. The second-order valence-electron chi connectivity index (χ2n) is 24.1. The van der Waals surface area contributed by atoms with E-state index in [2.05, 4.69) is 57.2 Å². The van der Waals surface area contributed by atoms with Gasteiger partial charge in [0.15, 0.2) is 6.10 Å². The summed E-state index contributed by atoms with van der Waals surface area (Å²) in [4.78, 5) is 38.4. The van der Waals surface area contributed by atoms with Crippen LogP contribution in [0.15, 0.2) is 36.5 Å². The van der Waals surface area contributed by atoms with Gasteiger partial charge in [-0.2, -0.15) is 0 Å². The zero-order chi connectivity index (χ0) is 57.1. The summed E-state index contributed by atoms with van der Waals surface area (Å²) in [6, 6.07) is 0. The summed E-state index contributed by atoms with van der Waals surface area (Å²) in [5.74, 6) is -0.856. The first-order chi connectivity index (χ1) is 39.0. The number of hydrogen-bond acceptors (Lipinski definition) is 6. The van der Waals surface area contributed by atoms with Crippen LogP contribution in [0.4, 0.5) is 0 Å². The average Bonchev–Trinajstić information content (AvgIpc) is 3.45. The minimum absolute atomic E-state index is 0.0718. The smallest absolute Gasteiger partial charge is 0.306 e. The zero-order valence-corrected chi connectivity index (χ0v) is 53.4. The molecule has 0 N–H and O–H groups in total. The largest absolute Gasteiger partial charge is 0.462 e. The third-order valence-corrected chi connectivity index (χ3v) is 16.1. The van der Waals surface area contributed by atoms with Gasteiger partial charge < -0.3 is 14.2 Å². The Hall–Kier alpha value is -2.37. The second-order valence-corrected chi connectivity index (χ2v) is 24.1. The van der Waals surface area contributed by atoms with Gasteiger partial charge in [0.25, 0.3) is 0 Å². The van der Waals surface area contributed by atoms with Crippen LogP contribution in [-0.4, -0.2) is 37.2 Å². The summed E-state index contributed by atoms with van der Waals surface area (Å²) in [7, 11) is 0. The Labute approximate surface area is 493 Å². The molecule has 0 aliphatic heterocycles. The monoisotopic (exact) mass is 1110 g/mol. The van der Waals surface area contributed by atoms with Crippen LogP contribution >= 0.6 is 0 Å². The number of carbonyl (C=O) groups excluding carboxylic acids is 3. The Balaban J connectivity index is 4.28. The quantitative estimate of drug-likeness (QED) is 0.0261. The first kappa shape index (κ1) is 76.6. The molecule has 6 heteroatoms. The lowest BCUT2D eigenvalue weighted by Gasteiger charge is -2.18. The molecule has 1 atom stereocenters. The summed E-state index contributed by atoms with van der Waals surface area (Å²) in [6.07, 6.45) is 84.6. The molecule has 0 bridgehead atoms. The molecule has 0 aromatic heterocycles. The highest BCUT2D eigenvalue weighted by molar-refractivity contribution is 5.71. The molecular formula is C73H136O6. The van der Waals surface area contributed by atoms with Crippen LogP contribution in [-0.2, 0) is 28.6 Å². The van der Waals surface area contributed by atoms with E-state index in [0.717, 1.165) is 77.0 Å². The van der Waals surface area contributed by atoms with Crippen molar-refractivity contribution in [2.75, 3.05) is 13.2 Å². The molecule has 0 amide bonds. The highest BCUT2D eigenvalue weighted by Crippen LogP contribution is 2.18. The molecule has 0 fully saturated rings. The standard InChI is InChI=1S/C73H136O6/c1-4-7-10-13-16-19-22-25-28-31-33-35-36-37-38-39-41-42-45-48-51-54-57-60-63-66-72(75)78-69-70(68-77-71(74)65-62-59-56-53-50-47-44-30-27-24-21-18-15-12-9-6-3)79-73(76)67-64-61-58-55-52-49-46-43-40-34-32-29-26-23-20-17-14-11-8-5-2/h21,24,30-31,33,44,70H,4-20,22-23,25-29,32,34-43,45-69H2,1-3H3/b24-21-,33-31-,44-30-. The number of rotatable bonds is 66. The van der Waals surface area contributed by atoms with Crippen LogP contribution in [0.25, 0.3) is 0 Å². The van der Waals surface area contributed by atoms with Crippen molar-refractivity contribution >= 4 is 17.9 Å². The molecule has 0 spiro atoms. The lowest BCUT2D eigenvalue weighted by atomic mass is 10.0. The van der Waals surface area contributed by atoms with Gasteiger partial charge in [0.1, 0.15) is 13.2 Å². The van der Waals surface area contributed by atoms with Crippen LogP contribution in [0.3, 0.4) is 0 Å². The van der Waals surface area contributed by atoms with Gasteiger partial charge in [-0.05, 0) is 77.0 Å². The molecule has 0 aliphatic carbocycles. The van der Waals surface area contributed by atoms with Gasteiger partial charge in [0.2, 0.25) is 0 Å². The van der Waals surface area contributed by atoms with Gasteiger partial charge in [-0.15, -0.1) is 0 Å². The SMILES string of the molecule is CCCCCC/C=C\C/C=C\CCCCCCCC(=O)OCC(COC(=O)CCCCCCCCCCCCCCC/C=C\CCCCCCCCCC)OC(=O)CCCCCCCCCCCCCCCCCCCCCC. The van der Waals surface area contributed by atoms with Crippen molar-refractivity contribution < 1.29 is 28.6 Å². The predicted octanol–water partition coefficient (Wildman–Crippen LogP) is 24.3. The van der Waals surface area contributed by atoms with Gasteiger partial charge in [0, 0.05) is 19.3 Å². The second kappa shape index (κ2) is 68.1. The highest BCUT2D eigenvalue weighted by Gasteiger charge is 2.19. The number of hydrogen-bond donors (Lipinski definition) is 0. The molecule has 0 aromatic rings. The Bertz CT molecular complexity index is 1320. The molecule has 79 heavy (non-hydrogen) atoms. The van der Waals surface area contributed by atoms with E-state index in [0.29, 0.717) is 19.3 Å². The molecule has 0 aliphatic rings. The number of carbonyl (C=O) groups is 3. The van der Waals surface area contributed by atoms with E-state index in [1.807, 2.05) is 0 Å². The van der Waals surface area contributed by atoms with Crippen LogP contribution in [0.5, 0.6) is 0 Å². The summed E-state index contributed by atoms with van der Waals surface area (Å²) in [6.45, 7) is 6.69. The van der Waals surface area contributed by atoms with Crippen molar-refractivity contribution in [3.63, 3.8) is 0 Å². The molecular weight excluding hydrogens is 973 g/mol. The van der Waals surface area contributed by atoms with Gasteiger partial charge in [0.05, 0.1) is 0 Å². The van der Waals surface area contributed by atoms with Crippen molar-refractivity contribution in [1.29, 1.82) is 0 Å². The Morgan fingerprint density at radius 3 is 0.722 bits per heavy atom. The first-order valence-electron chi connectivity index (χ1n) is 35.5. The zero-order valence-electron chi connectivity index (χ0n) is 53.4. The third-order valence-electron chi connectivity index (χ3n) is 16.1. The highest BCUT2D eigenvalue weighted by atomic mass is 16.6. The Morgan fingerprint density at radius 1 is 0.253 bits per heavy atom. The maximum Gasteiger partial charge on any atom is 0.306 e. The molecule has 0 radical (unpaired) electrons. The van der Waals surface area contributed by atoms with E-state index in [1.54, 1.807) is 0 Å². The fraction of sp³-hybridized carbons (Fsp3) is 0.877. The van der Waals surface area contributed by atoms with E-state index in [1.165, 1.54) is 276 Å². The minimum Gasteiger partial charge on any atom is -0.462 e. The van der Waals surface area contributed by atoms with E-state index < -0.39 is 6.10 Å². The van der Waals surface area contributed by atoms with Crippen molar-refractivity contribution in [2.45, 2.75) is 399 Å². The third kappa shape index (κ3) is 66.3. The lowest BCUT2D eigenvalue weighted by molar-refractivity contribution is -0.167. The normalized spacial score (nSPS) is 12.2. The molecule has 0 aromatic carbocycles. The van der Waals surface area contributed by atoms with Gasteiger partial charge >= 0.3 is 17.9 Å².